The maximum Gasteiger partial charge on any atom is 0.336 e. The van der Waals surface area contributed by atoms with Gasteiger partial charge < -0.3 is 24.8 Å². The molecule has 1 heterocycles. The van der Waals surface area contributed by atoms with Gasteiger partial charge in [0.05, 0.1) is 24.7 Å². The van der Waals surface area contributed by atoms with Crippen LogP contribution in [0.5, 0.6) is 0 Å². The van der Waals surface area contributed by atoms with Crippen LogP contribution in [-0.2, 0) is 19.1 Å². The molecule has 0 radical (unpaired) electrons. The van der Waals surface area contributed by atoms with Crippen LogP contribution in [0.15, 0.2) is 49.1 Å². The number of carbonyl (C=O) groups excluding carboxylic acids is 2. The molecule has 1 saturated carbocycles. The number of ether oxygens (including phenoxy) is 2. The standard InChI is InChI=1S/C20H26O7/c1-6-20(5)7-14(26-18(24)11(3)13(23)9-22)15-12(4)19(25)27-17(15)16(20)10(2)8-21/h6,13-17,21-23H,1-4,7-9H2,5H3/t13-,14+,15-,16?,17+,20-/m1/s1. The third-order valence-corrected chi connectivity index (χ3v) is 5.55. The summed E-state index contributed by atoms with van der Waals surface area (Å²) in [5.41, 5.74) is -0.298. The van der Waals surface area contributed by atoms with Crippen LogP contribution in [0.25, 0.3) is 0 Å². The second-order valence-electron chi connectivity index (χ2n) is 7.30. The summed E-state index contributed by atoms with van der Waals surface area (Å²) in [6, 6.07) is 0. The zero-order valence-electron chi connectivity index (χ0n) is 15.4. The van der Waals surface area contributed by atoms with Gasteiger partial charge in [-0.25, -0.2) is 9.59 Å². The van der Waals surface area contributed by atoms with Gasteiger partial charge in [0.15, 0.2) is 0 Å². The molecule has 0 amide bonds. The minimum atomic E-state index is -1.44. The smallest absolute Gasteiger partial charge is 0.336 e. The Kier molecular flexibility index (Phi) is 6.09. The van der Waals surface area contributed by atoms with Gasteiger partial charge in [-0.1, -0.05) is 32.7 Å². The van der Waals surface area contributed by atoms with Gasteiger partial charge >= 0.3 is 11.9 Å². The molecule has 0 aromatic heterocycles. The van der Waals surface area contributed by atoms with Crippen molar-refractivity contribution in [1.82, 2.24) is 0 Å². The Morgan fingerprint density at radius 2 is 2.07 bits per heavy atom. The minimum Gasteiger partial charge on any atom is -0.458 e. The molecular weight excluding hydrogens is 352 g/mol. The van der Waals surface area contributed by atoms with Crippen molar-refractivity contribution in [2.75, 3.05) is 13.2 Å². The highest BCUT2D eigenvalue weighted by Gasteiger charge is 2.58. The van der Waals surface area contributed by atoms with E-state index in [4.69, 9.17) is 14.6 Å². The molecule has 0 bridgehead atoms. The Bertz CT molecular complexity index is 694. The summed E-state index contributed by atoms with van der Waals surface area (Å²) in [7, 11) is 0. The van der Waals surface area contributed by atoms with Crippen LogP contribution < -0.4 is 0 Å². The molecule has 1 aliphatic heterocycles. The van der Waals surface area contributed by atoms with Gasteiger partial charge in [0.25, 0.3) is 0 Å². The molecule has 1 aliphatic carbocycles. The number of esters is 2. The summed E-state index contributed by atoms with van der Waals surface area (Å²) in [4.78, 5) is 24.5. The van der Waals surface area contributed by atoms with Crippen molar-refractivity contribution in [2.45, 2.75) is 31.7 Å². The molecule has 6 atom stereocenters. The molecule has 2 rings (SSSR count). The predicted octanol–water partition coefficient (Wildman–Crippen LogP) is 0.666. The maximum atomic E-state index is 12.3. The van der Waals surface area contributed by atoms with Crippen molar-refractivity contribution < 1.29 is 34.4 Å². The van der Waals surface area contributed by atoms with Crippen LogP contribution >= 0.6 is 0 Å². The summed E-state index contributed by atoms with van der Waals surface area (Å²) in [5, 5.41) is 28.2. The number of carbonyl (C=O) groups is 2. The van der Waals surface area contributed by atoms with Gasteiger partial charge in [0.1, 0.15) is 18.3 Å². The fourth-order valence-corrected chi connectivity index (χ4v) is 3.96. The lowest BCUT2D eigenvalue weighted by molar-refractivity contribution is -0.160. The van der Waals surface area contributed by atoms with Crippen LogP contribution in [0, 0.1) is 17.3 Å². The molecule has 7 nitrogen and oxygen atoms in total. The van der Waals surface area contributed by atoms with Crippen molar-refractivity contribution in [1.29, 1.82) is 0 Å². The Balaban J connectivity index is 2.39. The lowest BCUT2D eigenvalue weighted by Gasteiger charge is -2.48. The number of hydrogen-bond donors (Lipinski definition) is 3. The number of aliphatic hydroxyl groups is 3. The first-order valence-electron chi connectivity index (χ1n) is 8.61. The summed E-state index contributed by atoms with van der Waals surface area (Å²) in [6.07, 6.45) is -0.980. The zero-order chi connectivity index (χ0) is 20.5. The van der Waals surface area contributed by atoms with Crippen LogP contribution in [0.2, 0.25) is 0 Å². The van der Waals surface area contributed by atoms with Crippen LogP contribution in [0.4, 0.5) is 0 Å². The summed E-state index contributed by atoms with van der Waals surface area (Å²) in [5.74, 6) is -2.51. The molecule has 1 saturated heterocycles. The fourth-order valence-electron chi connectivity index (χ4n) is 3.96. The van der Waals surface area contributed by atoms with Gasteiger partial charge in [-0.2, -0.15) is 0 Å². The first kappa shape index (κ1) is 21.1. The lowest BCUT2D eigenvalue weighted by atomic mass is 9.59. The van der Waals surface area contributed by atoms with E-state index in [2.05, 4.69) is 26.3 Å². The van der Waals surface area contributed by atoms with Gasteiger partial charge in [0.2, 0.25) is 0 Å². The number of aliphatic hydroxyl groups excluding tert-OH is 3. The van der Waals surface area contributed by atoms with E-state index in [0.29, 0.717) is 5.57 Å². The van der Waals surface area contributed by atoms with Crippen LogP contribution in [0.1, 0.15) is 13.3 Å². The Labute approximate surface area is 158 Å². The van der Waals surface area contributed by atoms with E-state index in [1.807, 2.05) is 6.92 Å². The van der Waals surface area contributed by atoms with Gasteiger partial charge in [-0.3, -0.25) is 0 Å². The Morgan fingerprint density at radius 3 is 2.59 bits per heavy atom. The monoisotopic (exact) mass is 378 g/mol. The van der Waals surface area contributed by atoms with Crippen LogP contribution in [0.3, 0.4) is 0 Å². The number of hydrogen-bond acceptors (Lipinski definition) is 7. The van der Waals surface area contributed by atoms with Crippen molar-refractivity contribution in [3.8, 4) is 0 Å². The third-order valence-electron chi connectivity index (χ3n) is 5.55. The molecule has 0 aromatic carbocycles. The molecule has 0 aromatic rings. The maximum absolute atomic E-state index is 12.3. The molecule has 7 heteroatoms. The molecule has 148 valence electrons. The van der Waals surface area contributed by atoms with Crippen molar-refractivity contribution in [3.63, 3.8) is 0 Å². The van der Waals surface area contributed by atoms with Gasteiger partial charge in [-0.05, 0) is 17.4 Å². The Morgan fingerprint density at radius 1 is 1.44 bits per heavy atom. The van der Waals surface area contributed by atoms with E-state index in [1.165, 1.54) is 0 Å². The van der Waals surface area contributed by atoms with Gasteiger partial charge in [0, 0.05) is 11.5 Å². The molecule has 2 fully saturated rings. The summed E-state index contributed by atoms with van der Waals surface area (Å²) in [6.45, 7) is 15.9. The number of allylic oxidation sites excluding steroid dienone is 1. The lowest BCUT2D eigenvalue weighted by Crippen LogP contribution is -2.52. The van der Waals surface area contributed by atoms with Crippen LogP contribution in [-0.4, -0.2) is 58.8 Å². The SMILES string of the molecule is C=C[C@]1(C)C[C@H](OC(=O)C(=C)[C@H](O)CO)[C@H]2C(=C)C(=O)O[C@@H]2C1C(=C)CO. The number of rotatable bonds is 7. The van der Waals surface area contributed by atoms with E-state index in [0.717, 1.165) is 0 Å². The average molecular weight is 378 g/mol. The van der Waals surface area contributed by atoms with E-state index < -0.39 is 54.1 Å². The second-order valence-corrected chi connectivity index (χ2v) is 7.30. The van der Waals surface area contributed by atoms with Crippen molar-refractivity contribution in [2.24, 2.45) is 17.3 Å². The molecule has 1 unspecified atom stereocenters. The normalized spacial score (nSPS) is 33.6. The second kappa shape index (κ2) is 7.80. The highest BCUT2D eigenvalue weighted by molar-refractivity contribution is 5.92. The fraction of sp³-hybridized carbons (Fsp3) is 0.500. The highest BCUT2D eigenvalue weighted by Crippen LogP contribution is 2.53. The zero-order valence-corrected chi connectivity index (χ0v) is 15.4. The van der Waals surface area contributed by atoms with E-state index >= 15 is 0 Å². The van der Waals surface area contributed by atoms with E-state index in [9.17, 15) is 19.8 Å². The quantitative estimate of drug-likeness (QED) is 0.339. The third kappa shape index (κ3) is 3.63. The number of fused-ring (bicyclic) bond motifs is 1. The van der Waals surface area contributed by atoms with E-state index in [-0.39, 0.29) is 24.2 Å². The summed E-state index contributed by atoms with van der Waals surface area (Å²) < 4.78 is 11.0. The molecule has 0 spiro atoms. The average Bonchev–Trinajstić information content (AvgIpc) is 2.94. The largest absolute Gasteiger partial charge is 0.458 e. The first-order chi connectivity index (χ1) is 12.6. The first-order valence-corrected chi connectivity index (χ1v) is 8.61. The molecule has 27 heavy (non-hydrogen) atoms. The topological polar surface area (TPSA) is 113 Å². The molecule has 3 N–H and O–H groups in total. The minimum absolute atomic E-state index is 0.174. The molecule has 2 aliphatic rings. The van der Waals surface area contributed by atoms with Gasteiger partial charge in [-0.15, -0.1) is 6.58 Å². The van der Waals surface area contributed by atoms with E-state index in [1.54, 1.807) is 6.08 Å². The molecular formula is C20H26O7. The highest BCUT2D eigenvalue weighted by atomic mass is 16.6. The van der Waals surface area contributed by atoms with Crippen molar-refractivity contribution >= 4 is 11.9 Å². The predicted molar refractivity (Wildman–Crippen MR) is 97.3 cm³/mol. The summed E-state index contributed by atoms with van der Waals surface area (Å²) >= 11 is 0. The Hall–Kier alpha value is -2.22. The van der Waals surface area contributed by atoms with Crippen molar-refractivity contribution in [3.05, 3.63) is 49.1 Å².